The van der Waals surface area contributed by atoms with Gasteiger partial charge < -0.3 is 0 Å². The summed E-state index contributed by atoms with van der Waals surface area (Å²) in [6, 6.07) is 12.6. The topological polar surface area (TPSA) is 17.1 Å². The number of hydrogen-bond donors (Lipinski definition) is 0. The molecule has 2 aliphatic heterocycles. The molecule has 1 nitrogen and oxygen atoms in total. The fraction of sp³-hybridized carbons (Fsp3) is 0.200. The van der Waals surface area contributed by atoms with Crippen molar-refractivity contribution in [3.8, 4) is 0 Å². The molecule has 2 aliphatic rings. The highest BCUT2D eigenvalue weighted by atomic mass is 32.2. The first-order chi connectivity index (χ1) is 9.84. The van der Waals surface area contributed by atoms with Crippen LogP contribution in [0.1, 0.15) is 6.42 Å². The molecule has 20 heavy (non-hydrogen) atoms. The average Bonchev–Trinajstić information content (AvgIpc) is 2.46. The largest absolute Gasteiger partial charge is 0.249 e. The third-order valence-electron chi connectivity index (χ3n) is 3.28. The second kappa shape index (κ2) is 5.44. The summed E-state index contributed by atoms with van der Waals surface area (Å²) in [5.74, 6) is 2.20. The molecule has 2 aromatic rings. The van der Waals surface area contributed by atoms with Crippen LogP contribution in [0, 0.1) is 0 Å². The predicted molar refractivity (Wildman–Crippen MR) is 87.7 cm³/mol. The number of rotatable bonds is 0. The van der Waals surface area contributed by atoms with Gasteiger partial charge in [0, 0.05) is 19.6 Å². The fourth-order valence-corrected chi connectivity index (χ4v) is 8.20. The van der Waals surface area contributed by atoms with Crippen molar-refractivity contribution in [1.82, 2.24) is 0 Å². The molecule has 0 aliphatic carbocycles. The molecule has 0 saturated carbocycles. The van der Waals surface area contributed by atoms with Crippen molar-refractivity contribution in [3.63, 3.8) is 0 Å². The van der Waals surface area contributed by atoms with E-state index in [4.69, 9.17) is 0 Å². The third kappa shape index (κ3) is 2.15. The summed E-state index contributed by atoms with van der Waals surface area (Å²) in [5, 5.41) is 0. The van der Waals surface area contributed by atoms with Crippen molar-refractivity contribution in [2.24, 2.45) is 0 Å². The van der Waals surface area contributed by atoms with Crippen LogP contribution in [0.5, 0.6) is 0 Å². The summed E-state index contributed by atoms with van der Waals surface area (Å²) < 4.78 is 13.1. The van der Waals surface area contributed by atoms with Crippen LogP contribution < -0.4 is 0 Å². The Hall–Kier alpha value is -0.360. The van der Waals surface area contributed by atoms with Crippen LogP contribution in [0.4, 0.5) is 0 Å². The number of benzene rings is 2. The van der Waals surface area contributed by atoms with Crippen molar-refractivity contribution < 1.29 is 4.21 Å². The molecule has 0 spiro atoms. The number of thioether (sulfide) groups is 2. The SMILES string of the molecule is O=S1c2c3cccc2Sc2cccc(c21)SCCCS3. The standard InChI is InChI=1S/C15H12OS4/c16-20-14-10-4-1-6-12(14)19-13-7-2-5-11(15(13)20)18-9-3-8-17-10/h1-2,4-7H,3,8-9H2. The van der Waals surface area contributed by atoms with Crippen LogP contribution in [0.25, 0.3) is 0 Å². The van der Waals surface area contributed by atoms with Crippen LogP contribution in [0.2, 0.25) is 0 Å². The van der Waals surface area contributed by atoms with Gasteiger partial charge in [-0.05, 0) is 42.2 Å². The molecule has 0 atom stereocenters. The molecule has 2 bridgehead atoms. The van der Waals surface area contributed by atoms with Crippen molar-refractivity contribution in [1.29, 1.82) is 0 Å². The lowest BCUT2D eigenvalue weighted by molar-refractivity contribution is 0.675. The quantitative estimate of drug-likeness (QED) is 0.580. The van der Waals surface area contributed by atoms with Gasteiger partial charge in [-0.1, -0.05) is 23.9 Å². The van der Waals surface area contributed by atoms with E-state index < -0.39 is 10.8 Å². The van der Waals surface area contributed by atoms with E-state index in [9.17, 15) is 4.21 Å². The van der Waals surface area contributed by atoms with Gasteiger partial charge >= 0.3 is 0 Å². The van der Waals surface area contributed by atoms with Gasteiger partial charge in [-0.3, -0.25) is 0 Å². The predicted octanol–water partition coefficient (Wildman–Crippen LogP) is 4.91. The highest BCUT2D eigenvalue weighted by Gasteiger charge is 2.28. The van der Waals surface area contributed by atoms with Crippen LogP contribution in [-0.2, 0) is 10.8 Å². The monoisotopic (exact) mass is 336 g/mol. The van der Waals surface area contributed by atoms with E-state index in [0.29, 0.717) is 0 Å². The molecule has 0 radical (unpaired) electrons. The summed E-state index contributed by atoms with van der Waals surface area (Å²) >= 11 is 5.46. The number of hydrogen-bond acceptors (Lipinski definition) is 4. The first kappa shape index (κ1) is 13.3. The zero-order valence-corrected chi connectivity index (χ0v) is 13.9. The van der Waals surface area contributed by atoms with Gasteiger partial charge in [-0.15, -0.1) is 23.5 Å². The van der Waals surface area contributed by atoms with Crippen molar-refractivity contribution >= 4 is 46.1 Å². The molecule has 0 N–H and O–H groups in total. The molecular weight excluding hydrogens is 324 g/mol. The second-order valence-corrected chi connectivity index (χ2v) is 9.30. The van der Waals surface area contributed by atoms with E-state index >= 15 is 0 Å². The molecule has 2 heterocycles. The lowest BCUT2D eigenvalue weighted by Gasteiger charge is -2.23. The van der Waals surface area contributed by atoms with E-state index in [1.807, 2.05) is 23.5 Å². The van der Waals surface area contributed by atoms with Crippen molar-refractivity contribution in [2.75, 3.05) is 11.5 Å². The smallest absolute Gasteiger partial charge is 0.0895 e. The highest BCUT2D eigenvalue weighted by Crippen LogP contribution is 2.49. The molecule has 5 heteroatoms. The minimum absolute atomic E-state index is 1.03. The lowest BCUT2D eigenvalue weighted by atomic mass is 10.3. The molecule has 102 valence electrons. The van der Waals surface area contributed by atoms with Crippen LogP contribution in [0.3, 0.4) is 0 Å². The Balaban J connectivity index is 1.99. The van der Waals surface area contributed by atoms with Gasteiger partial charge in [-0.25, -0.2) is 4.21 Å². The normalized spacial score (nSPS) is 17.8. The Morgan fingerprint density at radius 1 is 0.800 bits per heavy atom. The molecule has 2 aromatic carbocycles. The zero-order chi connectivity index (χ0) is 13.5. The van der Waals surface area contributed by atoms with E-state index in [-0.39, 0.29) is 0 Å². The van der Waals surface area contributed by atoms with Crippen molar-refractivity contribution in [3.05, 3.63) is 36.4 Å². The molecular formula is C15H12OS4. The summed E-state index contributed by atoms with van der Waals surface area (Å²) in [5.41, 5.74) is 0. The summed E-state index contributed by atoms with van der Waals surface area (Å²) in [7, 11) is -1.04. The van der Waals surface area contributed by atoms with E-state index in [0.717, 1.165) is 31.1 Å². The van der Waals surface area contributed by atoms with Gasteiger partial charge in [0.1, 0.15) is 0 Å². The average molecular weight is 337 g/mol. The Morgan fingerprint density at radius 2 is 1.30 bits per heavy atom. The molecule has 4 rings (SSSR count). The Labute approximate surface area is 133 Å². The van der Waals surface area contributed by atoms with Crippen LogP contribution in [-0.4, -0.2) is 15.7 Å². The third-order valence-corrected chi connectivity index (χ3v) is 8.83. The highest BCUT2D eigenvalue weighted by molar-refractivity contribution is 8.03. The van der Waals surface area contributed by atoms with Gasteiger partial charge in [0.15, 0.2) is 0 Å². The van der Waals surface area contributed by atoms with Gasteiger partial charge in [-0.2, -0.15) is 0 Å². The summed E-state index contributed by atoms with van der Waals surface area (Å²) in [6.07, 6.45) is 1.18. The second-order valence-electron chi connectivity index (χ2n) is 4.59. The maximum Gasteiger partial charge on any atom is 0.0895 e. The molecule has 0 saturated heterocycles. The molecule has 0 fully saturated rings. The molecule has 0 aromatic heterocycles. The fourth-order valence-electron chi connectivity index (χ4n) is 2.39. The van der Waals surface area contributed by atoms with E-state index in [1.165, 1.54) is 16.2 Å². The Bertz CT molecular complexity index is 654. The minimum atomic E-state index is -1.04. The maximum atomic E-state index is 13.1. The molecule has 0 amide bonds. The molecule has 0 unspecified atom stereocenters. The Morgan fingerprint density at radius 3 is 1.85 bits per heavy atom. The summed E-state index contributed by atoms with van der Waals surface area (Å²) in [6.45, 7) is 0. The van der Waals surface area contributed by atoms with Gasteiger partial charge in [0.25, 0.3) is 0 Å². The lowest BCUT2D eigenvalue weighted by Crippen LogP contribution is -2.07. The van der Waals surface area contributed by atoms with Crippen molar-refractivity contribution in [2.45, 2.75) is 35.8 Å². The van der Waals surface area contributed by atoms with E-state index in [1.54, 1.807) is 11.8 Å². The first-order valence-corrected chi connectivity index (χ1v) is 10.4. The zero-order valence-electron chi connectivity index (χ0n) is 10.6. The van der Waals surface area contributed by atoms with Crippen LogP contribution in [0.15, 0.2) is 65.8 Å². The van der Waals surface area contributed by atoms with Gasteiger partial charge in [0.05, 0.1) is 20.6 Å². The summed E-state index contributed by atoms with van der Waals surface area (Å²) in [4.78, 5) is 6.77. The maximum absolute atomic E-state index is 13.1. The Kier molecular flexibility index (Phi) is 3.62. The van der Waals surface area contributed by atoms with Gasteiger partial charge in [0.2, 0.25) is 0 Å². The first-order valence-electron chi connectivity index (χ1n) is 6.46. The minimum Gasteiger partial charge on any atom is -0.249 e. The van der Waals surface area contributed by atoms with Crippen LogP contribution >= 0.6 is 35.3 Å². The van der Waals surface area contributed by atoms with E-state index in [2.05, 4.69) is 36.4 Å².